The molecular weight excluding hydrogens is 186 g/mol. The van der Waals surface area contributed by atoms with Gasteiger partial charge in [0.1, 0.15) is 5.54 Å². The lowest BCUT2D eigenvalue weighted by atomic mass is 9.88. The standard InChI is InChI=1S/C12H23N3/c1-4-7-15-8-5-12(10-13,6-9-15)14-11(2)3/h11,14H,4-9H2,1-3H3. The van der Waals surface area contributed by atoms with Crippen molar-refractivity contribution in [1.29, 1.82) is 5.26 Å². The molecule has 0 aliphatic carbocycles. The molecule has 0 amide bonds. The second-order valence-corrected chi connectivity index (χ2v) is 4.83. The first-order valence-electron chi connectivity index (χ1n) is 6.03. The summed E-state index contributed by atoms with van der Waals surface area (Å²) in [6, 6.07) is 2.86. The van der Waals surface area contributed by atoms with E-state index in [-0.39, 0.29) is 5.54 Å². The van der Waals surface area contributed by atoms with Gasteiger partial charge in [-0.3, -0.25) is 5.32 Å². The highest BCUT2D eigenvalue weighted by atomic mass is 15.2. The third-order valence-corrected chi connectivity index (χ3v) is 3.03. The van der Waals surface area contributed by atoms with Crippen molar-refractivity contribution in [3.05, 3.63) is 0 Å². The third-order valence-electron chi connectivity index (χ3n) is 3.03. The molecule has 1 fully saturated rings. The molecule has 1 rings (SSSR count). The number of piperidine rings is 1. The van der Waals surface area contributed by atoms with E-state index in [0.717, 1.165) is 25.9 Å². The Balaban J connectivity index is 2.48. The first-order valence-corrected chi connectivity index (χ1v) is 6.03. The van der Waals surface area contributed by atoms with Gasteiger partial charge in [0.05, 0.1) is 6.07 Å². The van der Waals surface area contributed by atoms with Crippen molar-refractivity contribution in [2.45, 2.75) is 51.6 Å². The largest absolute Gasteiger partial charge is 0.303 e. The van der Waals surface area contributed by atoms with Gasteiger partial charge >= 0.3 is 0 Å². The number of likely N-dealkylation sites (tertiary alicyclic amines) is 1. The maximum Gasteiger partial charge on any atom is 0.109 e. The van der Waals surface area contributed by atoms with Crippen molar-refractivity contribution in [2.24, 2.45) is 0 Å². The summed E-state index contributed by atoms with van der Waals surface area (Å²) in [6.07, 6.45) is 3.13. The van der Waals surface area contributed by atoms with Crippen LogP contribution in [0.2, 0.25) is 0 Å². The smallest absolute Gasteiger partial charge is 0.109 e. The molecule has 1 saturated heterocycles. The van der Waals surface area contributed by atoms with Crippen LogP contribution in [0.5, 0.6) is 0 Å². The summed E-state index contributed by atoms with van der Waals surface area (Å²) < 4.78 is 0. The van der Waals surface area contributed by atoms with Gasteiger partial charge in [0.15, 0.2) is 0 Å². The topological polar surface area (TPSA) is 39.1 Å². The van der Waals surface area contributed by atoms with Gasteiger partial charge in [0.25, 0.3) is 0 Å². The van der Waals surface area contributed by atoms with Crippen molar-refractivity contribution in [2.75, 3.05) is 19.6 Å². The van der Waals surface area contributed by atoms with E-state index in [1.54, 1.807) is 0 Å². The van der Waals surface area contributed by atoms with Gasteiger partial charge in [-0.15, -0.1) is 0 Å². The van der Waals surface area contributed by atoms with Gasteiger partial charge in [-0.25, -0.2) is 0 Å². The normalized spacial score (nSPS) is 21.5. The van der Waals surface area contributed by atoms with Gasteiger partial charge in [0.2, 0.25) is 0 Å². The molecule has 0 spiro atoms. The lowest BCUT2D eigenvalue weighted by Crippen LogP contribution is -2.54. The number of nitrogens with one attached hydrogen (secondary N) is 1. The minimum Gasteiger partial charge on any atom is -0.303 e. The summed E-state index contributed by atoms with van der Waals surface area (Å²) >= 11 is 0. The highest BCUT2D eigenvalue weighted by Crippen LogP contribution is 2.22. The van der Waals surface area contributed by atoms with Gasteiger partial charge < -0.3 is 4.90 Å². The summed E-state index contributed by atoms with van der Waals surface area (Å²) in [5.74, 6) is 0. The molecule has 86 valence electrons. The van der Waals surface area contributed by atoms with Crippen LogP contribution in [0.25, 0.3) is 0 Å². The molecule has 0 radical (unpaired) electrons. The van der Waals surface area contributed by atoms with Crippen LogP contribution in [0.4, 0.5) is 0 Å². The van der Waals surface area contributed by atoms with Crippen LogP contribution in [0.3, 0.4) is 0 Å². The number of hydrogen-bond acceptors (Lipinski definition) is 3. The second-order valence-electron chi connectivity index (χ2n) is 4.83. The summed E-state index contributed by atoms with van der Waals surface area (Å²) in [5.41, 5.74) is -0.265. The Hall–Kier alpha value is -0.590. The molecule has 0 atom stereocenters. The lowest BCUT2D eigenvalue weighted by molar-refractivity contribution is 0.161. The number of rotatable bonds is 4. The van der Waals surface area contributed by atoms with E-state index in [1.165, 1.54) is 13.0 Å². The molecule has 3 nitrogen and oxygen atoms in total. The van der Waals surface area contributed by atoms with E-state index in [1.807, 2.05) is 0 Å². The third kappa shape index (κ3) is 3.48. The fraction of sp³-hybridized carbons (Fsp3) is 0.917. The van der Waals surface area contributed by atoms with Crippen LogP contribution in [0.15, 0.2) is 0 Å². The average Bonchev–Trinajstić information content (AvgIpc) is 2.21. The summed E-state index contributed by atoms with van der Waals surface area (Å²) in [6.45, 7) is 9.71. The van der Waals surface area contributed by atoms with E-state index >= 15 is 0 Å². The highest BCUT2D eigenvalue weighted by Gasteiger charge is 2.34. The van der Waals surface area contributed by atoms with Crippen molar-refractivity contribution in [3.63, 3.8) is 0 Å². The number of nitriles is 1. The minimum atomic E-state index is -0.265. The zero-order valence-electron chi connectivity index (χ0n) is 10.2. The summed E-state index contributed by atoms with van der Waals surface area (Å²) in [4.78, 5) is 2.46. The van der Waals surface area contributed by atoms with Crippen LogP contribution in [0, 0.1) is 11.3 Å². The van der Waals surface area contributed by atoms with E-state index in [4.69, 9.17) is 0 Å². The molecule has 0 bridgehead atoms. The minimum absolute atomic E-state index is 0.265. The molecular formula is C12H23N3. The van der Waals surface area contributed by atoms with Crippen molar-refractivity contribution in [3.8, 4) is 6.07 Å². The number of nitrogens with zero attached hydrogens (tertiary/aromatic N) is 2. The second kappa shape index (κ2) is 5.48. The molecule has 3 heteroatoms. The van der Waals surface area contributed by atoms with Crippen molar-refractivity contribution in [1.82, 2.24) is 10.2 Å². The maximum atomic E-state index is 9.28. The van der Waals surface area contributed by atoms with Crippen molar-refractivity contribution >= 4 is 0 Å². The highest BCUT2D eigenvalue weighted by molar-refractivity contribution is 5.10. The van der Waals surface area contributed by atoms with Gasteiger partial charge in [-0.1, -0.05) is 6.92 Å². The molecule has 0 aromatic rings. The average molecular weight is 209 g/mol. The fourth-order valence-electron chi connectivity index (χ4n) is 2.32. The molecule has 0 saturated carbocycles. The van der Waals surface area contributed by atoms with Gasteiger partial charge in [-0.2, -0.15) is 5.26 Å². The Morgan fingerprint density at radius 2 is 2.00 bits per heavy atom. The first kappa shape index (κ1) is 12.5. The first-order chi connectivity index (χ1) is 7.12. The van der Waals surface area contributed by atoms with E-state index in [2.05, 4.69) is 37.1 Å². The Bertz CT molecular complexity index is 222. The zero-order chi connectivity index (χ0) is 11.3. The van der Waals surface area contributed by atoms with Gasteiger partial charge in [0, 0.05) is 19.1 Å². The lowest BCUT2D eigenvalue weighted by Gasteiger charge is -2.38. The van der Waals surface area contributed by atoms with E-state index in [9.17, 15) is 5.26 Å². The van der Waals surface area contributed by atoms with Crippen molar-refractivity contribution < 1.29 is 0 Å². The zero-order valence-corrected chi connectivity index (χ0v) is 10.2. The predicted octanol–water partition coefficient (Wildman–Crippen LogP) is 1.75. The van der Waals surface area contributed by atoms with Crippen LogP contribution >= 0.6 is 0 Å². The summed E-state index contributed by atoms with van der Waals surface area (Å²) in [7, 11) is 0. The Kier molecular flexibility index (Phi) is 4.56. The van der Waals surface area contributed by atoms with E-state index in [0.29, 0.717) is 6.04 Å². The molecule has 0 aromatic heterocycles. The van der Waals surface area contributed by atoms with Crippen LogP contribution < -0.4 is 5.32 Å². The quantitative estimate of drug-likeness (QED) is 0.766. The molecule has 0 unspecified atom stereocenters. The SMILES string of the molecule is CCCN1CCC(C#N)(NC(C)C)CC1. The molecule has 1 aliphatic rings. The maximum absolute atomic E-state index is 9.28. The van der Waals surface area contributed by atoms with E-state index < -0.39 is 0 Å². The molecule has 1 heterocycles. The summed E-state index contributed by atoms with van der Waals surface area (Å²) in [5, 5.41) is 12.7. The molecule has 15 heavy (non-hydrogen) atoms. The Morgan fingerprint density at radius 3 is 2.40 bits per heavy atom. The van der Waals surface area contributed by atoms with Crippen LogP contribution in [-0.4, -0.2) is 36.1 Å². The van der Waals surface area contributed by atoms with Crippen LogP contribution in [0.1, 0.15) is 40.0 Å². The monoisotopic (exact) mass is 209 g/mol. The molecule has 1 aliphatic heterocycles. The predicted molar refractivity (Wildman–Crippen MR) is 62.6 cm³/mol. The fourth-order valence-corrected chi connectivity index (χ4v) is 2.32. The van der Waals surface area contributed by atoms with Gasteiger partial charge in [-0.05, 0) is 39.7 Å². The Labute approximate surface area is 93.5 Å². The molecule has 0 aromatic carbocycles. The Morgan fingerprint density at radius 1 is 1.40 bits per heavy atom. The number of hydrogen-bond donors (Lipinski definition) is 1. The molecule has 1 N–H and O–H groups in total. The van der Waals surface area contributed by atoms with Crippen LogP contribution in [-0.2, 0) is 0 Å².